The highest BCUT2D eigenvalue weighted by atomic mass is 14.7. The van der Waals surface area contributed by atoms with E-state index in [-0.39, 0.29) is 0 Å². The Bertz CT molecular complexity index is 598. The van der Waals surface area contributed by atoms with Gasteiger partial charge in [-0.25, -0.2) is 0 Å². The fourth-order valence-electron chi connectivity index (χ4n) is 3.23. The highest BCUT2D eigenvalue weighted by Crippen LogP contribution is 2.27. The maximum Gasteiger partial charge on any atom is 0.0507 e. The van der Waals surface area contributed by atoms with Crippen molar-refractivity contribution in [2.24, 2.45) is 5.92 Å². The smallest absolute Gasteiger partial charge is 0.0507 e. The van der Waals surface area contributed by atoms with Gasteiger partial charge < -0.3 is 5.73 Å². The van der Waals surface area contributed by atoms with Crippen molar-refractivity contribution in [3.05, 3.63) is 42.0 Å². The molecule has 0 saturated heterocycles. The number of nitrogens with two attached hydrogens (primary N) is 1. The van der Waals surface area contributed by atoms with E-state index in [0.717, 1.165) is 29.2 Å². The van der Waals surface area contributed by atoms with Gasteiger partial charge in [-0.1, -0.05) is 38.2 Å². The van der Waals surface area contributed by atoms with Gasteiger partial charge in [0.1, 0.15) is 0 Å². The Hall–Kier alpha value is -1.90. The Morgan fingerprint density at radius 2 is 1.90 bits per heavy atom. The molecule has 1 aliphatic carbocycles. The van der Waals surface area contributed by atoms with Crippen molar-refractivity contribution in [1.29, 1.82) is 0 Å². The van der Waals surface area contributed by atoms with Crippen molar-refractivity contribution in [2.75, 3.05) is 5.73 Å². The Kier molecular flexibility index (Phi) is 4.18. The summed E-state index contributed by atoms with van der Waals surface area (Å²) < 4.78 is 0. The Balaban J connectivity index is 1.75. The van der Waals surface area contributed by atoms with Crippen LogP contribution in [0.4, 0.5) is 5.69 Å². The van der Waals surface area contributed by atoms with E-state index in [4.69, 9.17) is 5.73 Å². The molecule has 1 aliphatic rings. The highest BCUT2D eigenvalue weighted by Gasteiger charge is 2.14. The number of nitrogen functional groups attached to an aromatic ring is 1. The van der Waals surface area contributed by atoms with Crippen molar-refractivity contribution >= 4 is 5.69 Å². The molecule has 0 atom stereocenters. The van der Waals surface area contributed by atoms with Gasteiger partial charge in [0.05, 0.1) is 11.9 Å². The van der Waals surface area contributed by atoms with Crippen LogP contribution in [0.2, 0.25) is 0 Å². The number of rotatable bonds is 3. The zero-order valence-electron chi connectivity index (χ0n) is 12.7. The fraction of sp³-hybridized carbons (Fsp3) is 0.444. The molecule has 2 aromatic heterocycles. The third kappa shape index (κ3) is 3.41. The molecular weight excluding hydrogens is 258 g/mol. The second kappa shape index (κ2) is 6.25. The van der Waals surface area contributed by atoms with Crippen LogP contribution in [0.1, 0.15) is 43.5 Å². The van der Waals surface area contributed by atoms with Gasteiger partial charge >= 0.3 is 0 Å². The van der Waals surface area contributed by atoms with E-state index >= 15 is 0 Å². The van der Waals surface area contributed by atoms with Gasteiger partial charge in [-0.2, -0.15) is 0 Å². The van der Waals surface area contributed by atoms with Gasteiger partial charge in [-0.3, -0.25) is 9.97 Å². The summed E-state index contributed by atoms with van der Waals surface area (Å²) in [6, 6.07) is 6.28. The van der Waals surface area contributed by atoms with Crippen molar-refractivity contribution < 1.29 is 0 Å². The lowest BCUT2D eigenvalue weighted by atomic mass is 9.86. The maximum absolute atomic E-state index is 5.84. The third-order valence-electron chi connectivity index (χ3n) is 4.47. The predicted molar refractivity (Wildman–Crippen MR) is 86.9 cm³/mol. The Labute approximate surface area is 126 Å². The number of hydrogen-bond donors (Lipinski definition) is 1. The van der Waals surface area contributed by atoms with Gasteiger partial charge in [0.25, 0.3) is 0 Å². The first-order valence-corrected chi connectivity index (χ1v) is 7.90. The number of hydrogen-bond acceptors (Lipinski definition) is 3. The minimum absolute atomic E-state index is 0.696. The number of aromatic nitrogens is 2. The zero-order valence-corrected chi connectivity index (χ0v) is 12.7. The van der Waals surface area contributed by atoms with Crippen LogP contribution in [0.15, 0.2) is 30.6 Å². The van der Waals surface area contributed by atoms with Crippen LogP contribution in [-0.4, -0.2) is 9.97 Å². The van der Waals surface area contributed by atoms with Gasteiger partial charge in [0.15, 0.2) is 0 Å². The monoisotopic (exact) mass is 281 g/mol. The summed E-state index contributed by atoms with van der Waals surface area (Å²) in [4.78, 5) is 8.97. The first-order chi connectivity index (χ1) is 10.2. The number of anilines is 1. The SMILES string of the molecule is Cc1ncc(N)cc1-c1ccc(CC2CCCCC2)nc1. The van der Waals surface area contributed by atoms with E-state index in [2.05, 4.69) is 22.1 Å². The summed E-state index contributed by atoms with van der Waals surface area (Å²) in [7, 11) is 0. The van der Waals surface area contributed by atoms with Crippen LogP contribution in [0.3, 0.4) is 0 Å². The molecule has 0 amide bonds. The lowest BCUT2D eigenvalue weighted by molar-refractivity contribution is 0.354. The summed E-state index contributed by atoms with van der Waals surface area (Å²) in [5, 5.41) is 0. The lowest BCUT2D eigenvalue weighted by Gasteiger charge is -2.21. The molecule has 0 aromatic carbocycles. The van der Waals surface area contributed by atoms with E-state index in [9.17, 15) is 0 Å². The molecule has 2 aromatic rings. The lowest BCUT2D eigenvalue weighted by Crippen LogP contribution is -2.10. The van der Waals surface area contributed by atoms with Crippen LogP contribution in [-0.2, 0) is 6.42 Å². The van der Waals surface area contributed by atoms with Gasteiger partial charge in [-0.05, 0) is 31.4 Å². The maximum atomic E-state index is 5.84. The first-order valence-electron chi connectivity index (χ1n) is 7.90. The molecule has 2 heterocycles. The average molecular weight is 281 g/mol. The van der Waals surface area contributed by atoms with Crippen molar-refractivity contribution in [1.82, 2.24) is 9.97 Å². The summed E-state index contributed by atoms with van der Waals surface area (Å²) in [6.07, 6.45) is 11.7. The highest BCUT2D eigenvalue weighted by molar-refractivity contribution is 5.68. The molecule has 0 bridgehead atoms. The second-order valence-electron chi connectivity index (χ2n) is 6.15. The van der Waals surface area contributed by atoms with Crippen LogP contribution >= 0.6 is 0 Å². The molecule has 3 nitrogen and oxygen atoms in total. The molecule has 0 radical (unpaired) electrons. The minimum Gasteiger partial charge on any atom is -0.397 e. The molecule has 2 N–H and O–H groups in total. The quantitative estimate of drug-likeness (QED) is 0.919. The molecule has 1 saturated carbocycles. The fourth-order valence-corrected chi connectivity index (χ4v) is 3.23. The molecule has 0 spiro atoms. The van der Waals surface area contributed by atoms with Crippen molar-refractivity contribution in [3.8, 4) is 11.1 Å². The van der Waals surface area contributed by atoms with Gasteiger partial charge in [-0.15, -0.1) is 0 Å². The van der Waals surface area contributed by atoms with Crippen LogP contribution < -0.4 is 5.73 Å². The van der Waals surface area contributed by atoms with Gasteiger partial charge in [0.2, 0.25) is 0 Å². The summed E-state index contributed by atoms with van der Waals surface area (Å²) in [5.74, 6) is 0.827. The normalized spacial score (nSPS) is 16.0. The average Bonchev–Trinajstić information content (AvgIpc) is 2.52. The van der Waals surface area contributed by atoms with Crippen LogP contribution in [0.5, 0.6) is 0 Å². The van der Waals surface area contributed by atoms with Crippen molar-refractivity contribution in [2.45, 2.75) is 45.4 Å². The van der Waals surface area contributed by atoms with E-state index < -0.39 is 0 Å². The molecule has 3 rings (SSSR count). The van der Waals surface area contributed by atoms with E-state index in [1.54, 1.807) is 6.20 Å². The molecule has 0 aliphatic heterocycles. The Morgan fingerprint density at radius 3 is 2.62 bits per heavy atom. The standard InChI is InChI=1S/C18H23N3/c1-13-18(10-16(19)12-20-13)15-7-8-17(21-11-15)9-14-5-3-2-4-6-14/h7-8,10-12,14H,2-6,9,19H2,1H3. The summed E-state index contributed by atoms with van der Waals surface area (Å²) >= 11 is 0. The van der Waals surface area contributed by atoms with Crippen LogP contribution in [0.25, 0.3) is 11.1 Å². The molecule has 110 valence electrons. The first kappa shape index (κ1) is 14.1. The molecule has 1 fully saturated rings. The van der Waals surface area contributed by atoms with E-state index in [0.29, 0.717) is 5.69 Å². The Morgan fingerprint density at radius 1 is 1.10 bits per heavy atom. The van der Waals surface area contributed by atoms with E-state index in [1.165, 1.54) is 37.8 Å². The molecule has 3 heteroatoms. The van der Waals surface area contributed by atoms with Crippen molar-refractivity contribution in [3.63, 3.8) is 0 Å². The van der Waals surface area contributed by atoms with Crippen LogP contribution in [0, 0.1) is 12.8 Å². The molecular formula is C18H23N3. The number of nitrogens with zero attached hydrogens (tertiary/aromatic N) is 2. The molecule has 21 heavy (non-hydrogen) atoms. The number of pyridine rings is 2. The zero-order chi connectivity index (χ0) is 14.7. The topological polar surface area (TPSA) is 51.8 Å². The van der Waals surface area contributed by atoms with Gasteiger partial charge in [0, 0.05) is 28.7 Å². The second-order valence-corrected chi connectivity index (χ2v) is 6.15. The summed E-state index contributed by atoms with van der Waals surface area (Å²) in [6.45, 7) is 2.00. The summed E-state index contributed by atoms with van der Waals surface area (Å²) in [5.41, 5.74) is 10.9. The third-order valence-corrected chi connectivity index (χ3v) is 4.47. The largest absolute Gasteiger partial charge is 0.397 e. The predicted octanol–water partition coefficient (Wildman–Crippen LogP) is 4.16. The molecule has 0 unspecified atom stereocenters. The minimum atomic E-state index is 0.696. The van der Waals surface area contributed by atoms with E-state index in [1.807, 2.05) is 19.2 Å². The number of aryl methyl sites for hydroxylation is 1.